The first-order chi connectivity index (χ1) is 11.2. The van der Waals surface area contributed by atoms with E-state index >= 15 is 0 Å². The van der Waals surface area contributed by atoms with Gasteiger partial charge in [0.15, 0.2) is 36.6 Å². The first kappa shape index (κ1) is 16.8. The van der Waals surface area contributed by atoms with Gasteiger partial charge in [-0.05, 0) is 12.1 Å². The third kappa shape index (κ3) is 5.30. The Morgan fingerprint density at radius 2 is 1.39 bits per heavy atom. The first-order valence-corrected chi connectivity index (χ1v) is 7.38. The lowest BCUT2D eigenvalue weighted by Crippen LogP contribution is -2.15. The Morgan fingerprint density at radius 1 is 0.826 bits per heavy atom. The summed E-state index contributed by atoms with van der Waals surface area (Å²) in [5, 5.41) is 0. The Kier molecular flexibility index (Phi) is 6.44. The van der Waals surface area contributed by atoms with Gasteiger partial charge < -0.3 is 14.2 Å². The Bertz CT molecular complexity index is 657. The van der Waals surface area contributed by atoms with Crippen molar-refractivity contribution in [3.63, 3.8) is 0 Å². The van der Waals surface area contributed by atoms with Crippen LogP contribution in [0, 0.1) is 0 Å². The van der Waals surface area contributed by atoms with E-state index in [2.05, 4.69) is 4.74 Å². The van der Waals surface area contributed by atoms with Crippen LogP contribution in [0.15, 0.2) is 54.6 Å². The second-order valence-electron chi connectivity index (χ2n) is 4.44. The average molecular weight is 335 g/mol. The molecule has 2 aromatic rings. The lowest BCUT2D eigenvalue weighted by Gasteiger charge is -2.11. The highest BCUT2D eigenvalue weighted by molar-refractivity contribution is 6.17. The minimum atomic E-state index is -0.588. The summed E-state index contributed by atoms with van der Waals surface area (Å²) in [7, 11) is 0. The molecule has 23 heavy (non-hydrogen) atoms. The molecule has 0 heterocycles. The topological polar surface area (TPSA) is 61.8 Å². The second kappa shape index (κ2) is 8.80. The molecule has 0 saturated carbocycles. The number of rotatable bonds is 8. The maximum atomic E-state index is 12.0. The van der Waals surface area contributed by atoms with Gasteiger partial charge in [-0.1, -0.05) is 54.1 Å². The van der Waals surface area contributed by atoms with Gasteiger partial charge >= 0.3 is 5.97 Å². The van der Waals surface area contributed by atoms with E-state index in [4.69, 9.17) is 21.1 Å². The van der Waals surface area contributed by atoms with Gasteiger partial charge in [0.05, 0.1) is 0 Å². The molecule has 0 unspecified atom stereocenters. The number of benzene rings is 2. The third-order valence-electron chi connectivity index (χ3n) is 2.86. The molecule has 0 aliphatic carbocycles. The summed E-state index contributed by atoms with van der Waals surface area (Å²) in [6.07, 6.45) is 0. The van der Waals surface area contributed by atoms with Crippen LogP contribution >= 0.6 is 11.6 Å². The van der Waals surface area contributed by atoms with Crippen molar-refractivity contribution >= 4 is 23.4 Å². The maximum Gasteiger partial charge on any atom is 0.345 e. The fraction of sp³-hybridized carbons (Fsp3) is 0.176. The molecule has 2 rings (SSSR count). The van der Waals surface area contributed by atoms with Gasteiger partial charge in [0.1, 0.15) is 0 Å². The van der Waals surface area contributed by atoms with Crippen LogP contribution in [0.3, 0.4) is 0 Å². The molecule has 0 amide bonds. The van der Waals surface area contributed by atoms with Crippen molar-refractivity contribution in [3.8, 4) is 11.5 Å². The molecular formula is C17H15ClO5. The first-order valence-electron chi connectivity index (χ1n) is 6.85. The zero-order valence-electron chi connectivity index (χ0n) is 12.2. The van der Waals surface area contributed by atoms with Crippen molar-refractivity contribution in [2.75, 3.05) is 19.3 Å². The molecule has 0 aromatic heterocycles. The number of ketones is 1. The summed E-state index contributed by atoms with van der Waals surface area (Å²) in [4.78, 5) is 23.3. The molecule has 5 nitrogen and oxygen atoms in total. The molecule has 0 aliphatic rings. The van der Waals surface area contributed by atoms with Gasteiger partial charge in [-0.15, -0.1) is 0 Å². The third-order valence-corrected chi connectivity index (χ3v) is 2.97. The van der Waals surface area contributed by atoms with Gasteiger partial charge in [0.2, 0.25) is 0 Å². The molecule has 2 aromatic carbocycles. The number of carbonyl (C=O) groups is 2. The molecular weight excluding hydrogens is 320 g/mol. The predicted molar refractivity (Wildman–Crippen MR) is 85.0 cm³/mol. The summed E-state index contributed by atoms with van der Waals surface area (Å²) < 4.78 is 15.4. The van der Waals surface area contributed by atoms with Crippen LogP contribution in [-0.4, -0.2) is 31.0 Å². The lowest BCUT2D eigenvalue weighted by molar-refractivity contribution is -0.143. The summed E-state index contributed by atoms with van der Waals surface area (Å²) in [6.45, 7) is -0.420. The van der Waals surface area contributed by atoms with Crippen LogP contribution in [0.4, 0.5) is 0 Å². The molecule has 0 aliphatic heterocycles. The second-order valence-corrected chi connectivity index (χ2v) is 4.66. The number of carbonyl (C=O) groups excluding carboxylic acids is 2. The number of hydrogen-bond donors (Lipinski definition) is 0. The smallest absolute Gasteiger partial charge is 0.345 e. The Labute approximate surface area is 138 Å². The largest absolute Gasteiger partial charge is 0.482 e. The van der Waals surface area contributed by atoms with Crippen molar-refractivity contribution in [1.29, 1.82) is 0 Å². The lowest BCUT2D eigenvalue weighted by atomic mass is 10.1. The van der Waals surface area contributed by atoms with Gasteiger partial charge in [0, 0.05) is 5.56 Å². The molecule has 0 fully saturated rings. The number of halogens is 1. The Balaban J connectivity index is 1.95. The van der Waals surface area contributed by atoms with Gasteiger partial charge in [-0.3, -0.25) is 4.79 Å². The van der Waals surface area contributed by atoms with E-state index in [1.165, 1.54) is 0 Å². The van der Waals surface area contributed by atoms with E-state index in [9.17, 15) is 9.59 Å². The Morgan fingerprint density at radius 3 is 2.00 bits per heavy atom. The molecule has 0 saturated heterocycles. The van der Waals surface area contributed by atoms with Crippen molar-refractivity contribution in [3.05, 3.63) is 60.2 Å². The van der Waals surface area contributed by atoms with Gasteiger partial charge in [0.25, 0.3) is 0 Å². The van der Waals surface area contributed by atoms with E-state index in [1.807, 2.05) is 6.07 Å². The highest BCUT2D eigenvalue weighted by Gasteiger charge is 2.11. The number of esters is 1. The summed E-state index contributed by atoms with van der Waals surface area (Å²) in [5.74, 6) is -0.0209. The molecule has 6 heteroatoms. The summed E-state index contributed by atoms with van der Waals surface area (Å²) >= 11 is 5.29. The number of para-hydroxylation sites is 2. The van der Waals surface area contributed by atoms with E-state index in [0.29, 0.717) is 17.1 Å². The van der Waals surface area contributed by atoms with Crippen molar-refractivity contribution in [2.45, 2.75) is 0 Å². The van der Waals surface area contributed by atoms with Crippen LogP contribution in [0.25, 0.3) is 0 Å². The average Bonchev–Trinajstić information content (AvgIpc) is 2.59. The summed E-state index contributed by atoms with van der Waals surface area (Å²) in [6, 6.07) is 15.4. The van der Waals surface area contributed by atoms with Crippen LogP contribution in [0.2, 0.25) is 0 Å². The molecule has 0 spiro atoms. The van der Waals surface area contributed by atoms with Crippen LogP contribution in [-0.2, 0) is 9.53 Å². The highest BCUT2D eigenvalue weighted by Crippen LogP contribution is 2.26. The fourth-order valence-electron chi connectivity index (χ4n) is 1.78. The zero-order chi connectivity index (χ0) is 16.5. The Hall–Kier alpha value is -2.53. The number of ether oxygens (including phenoxy) is 3. The van der Waals surface area contributed by atoms with Gasteiger partial charge in [-0.25, -0.2) is 4.79 Å². The number of Topliss-reactive ketones (excluding diaryl/α,β-unsaturated/α-hetero) is 1. The van der Waals surface area contributed by atoms with Crippen molar-refractivity contribution in [2.24, 2.45) is 0 Å². The molecule has 0 atom stereocenters. The summed E-state index contributed by atoms with van der Waals surface area (Å²) in [5.41, 5.74) is 0.566. The maximum absolute atomic E-state index is 12.0. The van der Waals surface area contributed by atoms with Crippen LogP contribution in [0.5, 0.6) is 11.5 Å². The molecule has 0 N–H and O–H groups in total. The standard InChI is InChI=1S/C17H15ClO5/c18-12-23-17(20)11-22-16-9-5-4-8-15(16)21-10-14(19)13-6-2-1-3-7-13/h1-9H,10-12H2. The number of alkyl halides is 1. The minimum absolute atomic E-state index is 0.128. The molecule has 0 radical (unpaired) electrons. The number of hydrogen-bond acceptors (Lipinski definition) is 5. The highest BCUT2D eigenvalue weighted by atomic mass is 35.5. The monoisotopic (exact) mass is 334 g/mol. The van der Waals surface area contributed by atoms with Crippen LogP contribution in [0.1, 0.15) is 10.4 Å². The van der Waals surface area contributed by atoms with Crippen LogP contribution < -0.4 is 9.47 Å². The zero-order valence-corrected chi connectivity index (χ0v) is 13.0. The van der Waals surface area contributed by atoms with E-state index < -0.39 is 5.97 Å². The van der Waals surface area contributed by atoms with E-state index in [-0.39, 0.29) is 25.1 Å². The molecule has 120 valence electrons. The van der Waals surface area contributed by atoms with Crippen molar-refractivity contribution in [1.82, 2.24) is 0 Å². The van der Waals surface area contributed by atoms with E-state index in [0.717, 1.165) is 0 Å². The quantitative estimate of drug-likeness (QED) is 0.422. The SMILES string of the molecule is O=C(COc1ccccc1OCC(=O)c1ccccc1)OCCl. The van der Waals surface area contributed by atoms with Crippen molar-refractivity contribution < 1.29 is 23.8 Å². The normalized spacial score (nSPS) is 9.96. The minimum Gasteiger partial charge on any atom is -0.482 e. The van der Waals surface area contributed by atoms with E-state index in [1.54, 1.807) is 48.5 Å². The van der Waals surface area contributed by atoms with Gasteiger partial charge in [-0.2, -0.15) is 0 Å². The predicted octanol–water partition coefficient (Wildman–Crippen LogP) is 3.07. The molecule has 0 bridgehead atoms. The fourth-order valence-corrected chi connectivity index (χ4v) is 1.90.